The van der Waals surface area contributed by atoms with Crippen molar-refractivity contribution in [3.05, 3.63) is 52.5 Å². The van der Waals surface area contributed by atoms with Gasteiger partial charge in [0.05, 0.1) is 30.2 Å². The predicted molar refractivity (Wildman–Crippen MR) is 108 cm³/mol. The monoisotopic (exact) mass is 447 g/mol. The quantitative estimate of drug-likeness (QED) is 0.551. The van der Waals surface area contributed by atoms with Crippen LogP contribution in [-0.2, 0) is 6.54 Å². The second-order valence-corrected chi connectivity index (χ2v) is 8.55. The second kappa shape index (κ2) is 8.93. The lowest BCUT2D eigenvalue weighted by atomic mass is 10.1. The summed E-state index contributed by atoms with van der Waals surface area (Å²) in [5, 5.41) is 0.776. The number of hydrogen-bond donors (Lipinski definition) is 0. The van der Waals surface area contributed by atoms with E-state index in [0.29, 0.717) is 28.3 Å². The van der Waals surface area contributed by atoms with Gasteiger partial charge in [-0.05, 0) is 29.8 Å². The maximum atomic E-state index is 12.4. The van der Waals surface area contributed by atoms with Gasteiger partial charge in [0.15, 0.2) is 0 Å². The highest BCUT2D eigenvalue weighted by Gasteiger charge is 2.36. The molecule has 0 aliphatic carbocycles. The number of alkyl halides is 3. The van der Waals surface area contributed by atoms with Crippen LogP contribution in [0.5, 0.6) is 17.2 Å². The van der Waals surface area contributed by atoms with E-state index in [0.717, 1.165) is 17.7 Å². The van der Waals surface area contributed by atoms with Crippen molar-refractivity contribution in [3.8, 4) is 17.2 Å². The van der Waals surface area contributed by atoms with E-state index in [-0.39, 0.29) is 11.1 Å². The van der Waals surface area contributed by atoms with E-state index in [1.54, 1.807) is 44.2 Å². The summed E-state index contributed by atoms with van der Waals surface area (Å²) in [5.74, 6) is 1.01. The fraction of sp³-hybridized carbons (Fsp3) is 0.400. The smallest absolute Gasteiger partial charge is 0.496 e. The van der Waals surface area contributed by atoms with Crippen LogP contribution in [0.4, 0.5) is 13.2 Å². The Hall–Kier alpha value is -1.77. The van der Waals surface area contributed by atoms with Crippen LogP contribution >= 0.6 is 23.4 Å². The number of ether oxygens (including phenoxy) is 3. The first kappa shape index (κ1) is 21.9. The van der Waals surface area contributed by atoms with Gasteiger partial charge in [0.2, 0.25) is 0 Å². The van der Waals surface area contributed by atoms with Crippen molar-refractivity contribution in [2.75, 3.05) is 20.8 Å². The second-order valence-electron chi connectivity index (χ2n) is 6.62. The Balaban J connectivity index is 1.86. The summed E-state index contributed by atoms with van der Waals surface area (Å²) < 4.78 is 52.1. The third kappa shape index (κ3) is 5.24. The number of halogens is 4. The van der Waals surface area contributed by atoms with Gasteiger partial charge in [-0.15, -0.1) is 24.9 Å². The van der Waals surface area contributed by atoms with E-state index in [2.05, 4.69) is 16.6 Å². The molecule has 29 heavy (non-hydrogen) atoms. The first-order valence-corrected chi connectivity index (χ1v) is 10.2. The van der Waals surface area contributed by atoms with Crippen molar-refractivity contribution >= 4 is 23.4 Å². The van der Waals surface area contributed by atoms with E-state index in [9.17, 15) is 13.2 Å². The van der Waals surface area contributed by atoms with Crippen LogP contribution in [0.1, 0.15) is 23.4 Å². The standard InChI is InChI=1S/C20H21ClF3NO3S/c1-12-10-25(11-13-4-6-14(7-5-13)28-20(22,23)24)19(29-12)17-16(26-2)9-8-15(21)18(17)27-3/h4-9,12,19H,10-11H2,1-3H3. The number of methoxy groups -OCH3 is 2. The Labute approximate surface area is 176 Å². The van der Waals surface area contributed by atoms with Crippen LogP contribution in [0.3, 0.4) is 0 Å². The van der Waals surface area contributed by atoms with E-state index in [1.807, 2.05) is 6.07 Å². The zero-order valence-electron chi connectivity index (χ0n) is 16.1. The van der Waals surface area contributed by atoms with E-state index < -0.39 is 6.36 Å². The molecular weight excluding hydrogens is 427 g/mol. The molecule has 3 rings (SSSR count). The molecule has 158 valence electrons. The van der Waals surface area contributed by atoms with Crippen LogP contribution in [0.15, 0.2) is 36.4 Å². The summed E-state index contributed by atoms with van der Waals surface area (Å²) in [6.45, 7) is 3.48. The number of benzene rings is 2. The third-order valence-electron chi connectivity index (χ3n) is 4.51. The summed E-state index contributed by atoms with van der Waals surface area (Å²) in [6, 6.07) is 9.47. The molecule has 0 N–H and O–H groups in total. The molecule has 0 saturated carbocycles. The first-order chi connectivity index (χ1) is 13.7. The Bertz CT molecular complexity index is 848. The molecule has 0 spiro atoms. The fourth-order valence-corrected chi connectivity index (χ4v) is 5.03. The number of hydrogen-bond acceptors (Lipinski definition) is 5. The molecule has 1 saturated heterocycles. The van der Waals surface area contributed by atoms with Gasteiger partial charge >= 0.3 is 6.36 Å². The average Bonchev–Trinajstić information content (AvgIpc) is 3.01. The minimum absolute atomic E-state index is 0.0697. The van der Waals surface area contributed by atoms with Crippen molar-refractivity contribution in [3.63, 3.8) is 0 Å². The van der Waals surface area contributed by atoms with Gasteiger partial charge in [0.25, 0.3) is 0 Å². The maximum absolute atomic E-state index is 12.4. The van der Waals surface area contributed by atoms with Crippen molar-refractivity contribution in [1.82, 2.24) is 4.90 Å². The van der Waals surface area contributed by atoms with Crippen LogP contribution in [0.25, 0.3) is 0 Å². The zero-order chi connectivity index (χ0) is 21.2. The molecule has 2 aromatic carbocycles. The highest BCUT2D eigenvalue weighted by molar-refractivity contribution is 8.00. The van der Waals surface area contributed by atoms with Gasteiger partial charge in [0, 0.05) is 18.3 Å². The van der Waals surface area contributed by atoms with E-state index >= 15 is 0 Å². The Morgan fingerprint density at radius 2 is 1.79 bits per heavy atom. The average molecular weight is 448 g/mol. The van der Waals surface area contributed by atoms with Crippen LogP contribution < -0.4 is 14.2 Å². The molecule has 1 aliphatic heterocycles. The summed E-state index contributed by atoms with van der Waals surface area (Å²) in [5.41, 5.74) is 1.73. The Morgan fingerprint density at radius 1 is 1.10 bits per heavy atom. The van der Waals surface area contributed by atoms with Gasteiger partial charge < -0.3 is 14.2 Å². The molecule has 1 aliphatic rings. The molecule has 2 unspecified atom stereocenters. The minimum Gasteiger partial charge on any atom is -0.496 e. The lowest BCUT2D eigenvalue weighted by Crippen LogP contribution is -2.24. The molecule has 1 heterocycles. The Morgan fingerprint density at radius 3 is 2.38 bits per heavy atom. The largest absolute Gasteiger partial charge is 0.573 e. The normalized spacial score (nSPS) is 20.0. The van der Waals surface area contributed by atoms with Gasteiger partial charge in [-0.2, -0.15) is 0 Å². The summed E-state index contributed by atoms with van der Waals surface area (Å²) >= 11 is 8.10. The fourth-order valence-electron chi connectivity index (χ4n) is 3.38. The summed E-state index contributed by atoms with van der Waals surface area (Å²) in [4.78, 5) is 2.23. The van der Waals surface area contributed by atoms with Crippen LogP contribution in [0, 0.1) is 0 Å². The molecule has 9 heteroatoms. The molecule has 0 radical (unpaired) electrons. The topological polar surface area (TPSA) is 30.9 Å². The minimum atomic E-state index is -4.70. The summed E-state index contributed by atoms with van der Waals surface area (Å²) in [6.07, 6.45) is -4.70. The Kier molecular flexibility index (Phi) is 6.76. The van der Waals surface area contributed by atoms with Gasteiger partial charge in [0.1, 0.15) is 17.2 Å². The van der Waals surface area contributed by atoms with E-state index in [4.69, 9.17) is 21.1 Å². The molecule has 0 aromatic heterocycles. The van der Waals surface area contributed by atoms with Crippen molar-refractivity contribution < 1.29 is 27.4 Å². The van der Waals surface area contributed by atoms with Gasteiger partial charge in [-0.1, -0.05) is 30.7 Å². The highest BCUT2D eigenvalue weighted by atomic mass is 35.5. The third-order valence-corrected chi connectivity index (χ3v) is 6.21. The molecular formula is C20H21ClF3NO3S. The molecule has 2 atom stereocenters. The van der Waals surface area contributed by atoms with Crippen LogP contribution in [-0.4, -0.2) is 37.3 Å². The molecule has 2 aromatic rings. The molecule has 1 fully saturated rings. The van der Waals surface area contributed by atoms with Crippen LogP contribution in [0.2, 0.25) is 5.02 Å². The summed E-state index contributed by atoms with van der Waals surface area (Å²) in [7, 11) is 3.16. The molecule has 0 amide bonds. The number of rotatable bonds is 6. The zero-order valence-corrected chi connectivity index (χ0v) is 17.7. The SMILES string of the molecule is COc1ccc(Cl)c(OC)c1C1SC(C)CN1Cc1ccc(OC(F)(F)F)cc1. The molecule has 0 bridgehead atoms. The first-order valence-electron chi connectivity index (χ1n) is 8.86. The van der Waals surface area contributed by atoms with Crippen molar-refractivity contribution in [1.29, 1.82) is 0 Å². The predicted octanol–water partition coefficient (Wildman–Crippen LogP) is 5.89. The van der Waals surface area contributed by atoms with Gasteiger partial charge in [-0.25, -0.2) is 0 Å². The van der Waals surface area contributed by atoms with E-state index in [1.165, 1.54) is 12.1 Å². The lowest BCUT2D eigenvalue weighted by molar-refractivity contribution is -0.274. The molecule has 4 nitrogen and oxygen atoms in total. The lowest BCUT2D eigenvalue weighted by Gasteiger charge is -2.27. The number of nitrogens with zero attached hydrogens (tertiary/aromatic N) is 1. The highest BCUT2D eigenvalue weighted by Crippen LogP contribution is 2.51. The number of thioether (sulfide) groups is 1. The van der Waals surface area contributed by atoms with Gasteiger partial charge in [-0.3, -0.25) is 4.90 Å². The van der Waals surface area contributed by atoms with Crippen molar-refractivity contribution in [2.24, 2.45) is 0 Å². The maximum Gasteiger partial charge on any atom is 0.573 e. The van der Waals surface area contributed by atoms with Crippen molar-refractivity contribution in [2.45, 2.75) is 30.5 Å².